The van der Waals surface area contributed by atoms with Gasteiger partial charge in [0, 0.05) is 31.9 Å². The third kappa shape index (κ3) is 4.37. The number of carbonyl (C=O) groups excluding carboxylic acids is 2. The molecule has 1 atom stereocenters. The zero-order chi connectivity index (χ0) is 17.9. The molecule has 1 aliphatic carbocycles. The summed E-state index contributed by atoms with van der Waals surface area (Å²) in [5.74, 6) is 0.283. The van der Waals surface area contributed by atoms with Crippen molar-refractivity contribution in [3.05, 3.63) is 18.0 Å². The molecule has 7 heteroatoms. The Balaban J connectivity index is 1.55. The molecule has 3 rings (SSSR count). The summed E-state index contributed by atoms with van der Waals surface area (Å²) in [7, 11) is 1.87. The highest BCUT2D eigenvalue weighted by molar-refractivity contribution is 7.98. The smallest absolute Gasteiger partial charge is 0.312 e. The highest BCUT2D eigenvalue weighted by Gasteiger charge is 2.41. The molecule has 0 aromatic carbocycles. The Labute approximate surface area is 153 Å². The Bertz CT molecular complexity index is 626. The van der Waals surface area contributed by atoms with Gasteiger partial charge < -0.3 is 10.2 Å². The number of rotatable bonds is 6. The van der Waals surface area contributed by atoms with E-state index in [2.05, 4.69) is 16.7 Å². The van der Waals surface area contributed by atoms with E-state index in [1.807, 2.05) is 25.0 Å². The van der Waals surface area contributed by atoms with Crippen LogP contribution in [0.15, 0.2) is 12.4 Å². The van der Waals surface area contributed by atoms with Gasteiger partial charge in [0.25, 0.3) is 0 Å². The molecule has 1 saturated carbocycles. The van der Waals surface area contributed by atoms with Gasteiger partial charge in [0.05, 0.1) is 12.2 Å². The summed E-state index contributed by atoms with van der Waals surface area (Å²) in [6.07, 6.45) is 12.2. The summed E-state index contributed by atoms with van der Waals surface area (Å²) in [4.78, 5) is 26.8. The van der Waals surface area contributed by atoms with Gasteiger partial charge in [-0.2, -0.15) is 16.9 Å². The molecule has 6 nitrogen and oxygen atoms in total. The molecule has 1 aliphatic heterocycles. The topological polar surface area (TPSA) is 67.2 Å². The van der Waals surface area contributed by atoms with Gasteiger partial charge in [-0.05, 0) is 55.9 Å². The average molecular weight is 365 g/mol. The Morgan fingerprint density at radius 3 is 2.84 bits per heavy atom. The van der Waals surface area contributed by atoms with Crippen molar-refractivity contribution in [1.82, 2.24) is 20.0 Å². The fourth-order valence-corrected chi connectivity index (χ4v) is 4.78. The maximum atomic E-state index is 12.7. The number of likely N-dealkylation sites (tertiary alicyclic amines) is 1. The highest BCUT2D eigenvalue weighted by Crippen LogP contribution is 2.50. The van der Waals surface area contributed by atoms with E-state index in [0.29, 0.717) is 18.5 Å². The van der Waals surface area contributed by atoms with Gasteiger partial charge in [0.15, 0.2) is 0 Å². The van der Waals surface area contributed by atoms with E-state index in [4.69, 9.17) is 0 Å². The molecule has 0 radical (unpaired) electrons. The monoisotopic (exact) mass is 364 g/mol. The van der Waals surface area contributed by atoms with Gasteiger partial charge in [-0.25, -0.2) is 0 Å². The molecule has 0 spiro atoms. The van der Waals surface area contributed by atoms with Gasteiger partial charge in [0.2, 0.25) is 0 Å². The van der Waals surface area contributed by atoms with Crippen LogP contribution >= 0.6 is 11.8 Å². The second-order valence-electron chi connectivity index (χ2n) is 7.40. The summed E-state index contributed by atoms with van der Waals surface area (Å²) < 4.78 is 1.74. The van der Waals surface area contributed by atoms with Crippen LogP contribution in [0.1, 0.15) is 50.1 Å². The fourth-order valence-electron chi connectivity index (χ4n) is 3.73. The van der Waals surface area contributed by atoms with E-state index in [1.54, 1.807) is 15.8 Å². The fraction of sp³-hybridized carbons (Fsp3) is 0.722. The molecule has 25 heavy (non-hydrogen) atoms. The maximum absolute atomic E-state index is 12.7. The predicted octanol–water partition coefficient (Wildman–Crippen LogP) is 2.12. The van der Waals surface area contributed by atoms with Crippen LogP contribution in [0, 0.1) is 5.41 Å². The minimum absolute atomic E-state index is 0.0352. The van der Waals surface area contributed by atoms with Crippen molar-refractivity contribution in [2.75, 3.05) is 25.1 Å². The lowest BCUT2D eigenvalue weighted by Gasteiger charge is -2.34. The van der Waals surface area contributed by atoms with Gasteiger partial charge in [-0.1, -0.05) is 0 Å². The second-order valence-corrected chi connectivity index (χ2v) is 8.26. The molecule has 2 aliphatic rings. The van der Waals surface area contributed by atoms with Crippen LogP contribution < -0.4 is 5.32 Å². The first-order valence-electron chi connectivity index (χ1n) is 9.11. The summed E-state index contributed by atoms with van der Waals surface area (Å²) in [6.45, 7) is 1.23. The first-order valence-corrected chi connectivity index (χ1v) is 10.5. The SMILES string of the molecule is CSCC1(CCNC(=O)C(=O)N2CCCCC2c2cnn(C)c2)CC1. The van der Waals surface area contributed by atoms with Crippen LogP contribution in [-0.2, 0) is 16.6 Å². The van der Waals surface area contributed by atoms with Crippen LogP contribution in [0.3, 0.4) is 0 Å². The van der Waals surface area contributed by atoms with E-state index in [0.717, 1.165) is 37.0 Å². The number of nitrogens with zero attached hydrogens (tertiary/aromatic N) is 3. The Hall–Kier alpha value is -1.50. The first-order chi connectivity index (χ1) is 12.0. The van der Waals surface area contributed by atoms with Crippen LogP contribution in [-0.4, -0.2) is 51.6 Å². The van der Waals surface area contributed by atoms with Crippen molar-refractivity contribution in [2.45, 2.75) is 44.6 Å². The number of thioether (sulfide) groups is 1. The number of aromatic nitrogens is 2. The van der Waals surface area contributed by atoms with Crippen LogP contribution in [0.25, 0.3) is 0 Å². The molecule has 2 heterocycles. The summed E-state index contributed by atoms with van der Waals surface area (Å²) >= 11 is 1.86. The third-order valence-corrected chi connectivity index (χ3v) is 6.32. The predicted molar refractivity (Wildman–Crippen MR) is 99.2 cm³/mol. The Morgan fingerprint density at radius 2 is 2.20 bits per heavy atom. The number of nitrogens with one attached hydrogen (secondary N) is 1. The Kier molecular flexibility index (Phi) is 5.71. The molecule has 2 amide bonds. The van der Waals surface area contributed by atoms with Crippen molar-refractivity contribution in [1.29, 1.82) is 0 Å². The third-order valence-electron chi connectivity index (χ3n) is 5.42. The Morgan fingerprint density at radius 1 is 1.40 bits per heavy atom. The zero-order valence-corrected chi connectivity index (χ0v) is 16.0. The van der Waals surface area contributed by atoms with Crippen LogP contribution in [0.2, 0.25) is 0 Å². The van der Waals surface area contributed by atoms with Gasteiger partial charge in [-0.3, -0.25) is 14.3 Å². The molecule has 2 fully saturated rings. The highest BCUT2D eigenvalue weighted by atomic mass is 32.2. The number of hydrogen-bond acceptors (Lipinski definition) is 4. The molecule has 1 saturated heterocycles. The summed E-state index contributed by atoms with van der Waals surface area (Å²) in [5, 5.41) is 7.06. The molecule has 1 unspecified atom stereocenters. The van der Waals surface area contributed by atoms with Crippen molar-refractivity contribution >= 4 is 23.6 Å². The largest absolute Gasteiger partial charge is 0.348 e. The molecule has 1 aromatic rings. The lowest BCUT2D eigenvalue weighted by atomic mass is 9.97. The van der Waals surface area contributed by atoms with Crippen molar-refractivity contribution < 1.29 is 9.59 Å². The quantitative estimate of drug-likeness (QED) is 0.785. The number of aryl methyl sites for hydroxylation is 1. The van der Waals surface area contributed by atoms with E-state index in [9.17, 15) is 9.59 Å². The minimum atomic E-state index is -0.462. The lowest BCUT2D eigenvalue weighted by molar-refractivity contribution is -0.148. The minimum Gasteiger partial charge on any atom is -0.348 e. The standard InChI is InChI=1S/C18H28N4O2S/c1-21-12-14(11-20-21)15-5-3-4-10-22(15)17(24)16(23)19-9-8-18(6-7-18)13-25-2/h11-12,15H,3-10,13H2,1-2H3,(H,19,23). The van der Waals surface area contributed by atoms with Gasteiger partial charge >= 0.3 is 11.8 Å². The number of carbonyl (C=O) groups is 2. The number of piperidine rings is 1. The lowest BCUT2D eigenvalue weighted by Crippen LogP contribution is -2.47. The molecule has 1 N–H and O–H groups in total. The van der Waals surface area contributed by atoms with Crippen LogP contribution in [0.4, 0.5) is 0 Å². The van der Waals surface area contributed by atoms with E-state index in [1.165, 1.54) is 12.8 Å². The molecule has 1 aromatic heterocycles. The van der Waals surface area contributed by atoms with E-state index in [-0.39, 0.29) is 6.04 Å². The molecule has 0 bridgehead atoms. The van der Waals surface area contributed by atoms with Gasteiger partial charge in [0.1, 0.15) is 0 Å². The van der Waals surface area contributed by atoms with Crippen molar-refractivity contribution in [3.63, 3.8) is 0 Å². The first kappa shape index (κ1) is 18.3. The summed E-state index contributed by atoms with van der Waals surface area (Å²) in [5.41, 5.74) is 1.42. The second kappa shape index (κ2) is 7.81. The number of hydrogen-bond donors (Lipinski definition) is 1. The molecular formula is C18H28N4O2S. The average Bonchev–Trinajstić information content (AvgIpc) is 3.24. The van der Waals surface area contributed by atoms with Crippen molar-refractivity contribution in [3.8, 4) is 0 Å². The summed E-state index contributed by atoms with van der Waals surface area (Å²) in [6, 6.07) is -0.0352. The van der Waals surface area contributed by atoms with E-state index >= 15 is 0 Å². The van der Waals surface area contributed by atoms with E-state index < -0.39 is 11.8 Å². The zero-order valence-electron chi connectivity index (χ0n) is 15.2. The van der Waals surface area contributed by atoms with Gasteiger partial charge in [-0.15, -0.1) is 0 Å². The molecular weight excluding hydrogens is 336 g/mol. The maximum Gasteiger partial charge on any atom is 0.312 e. The van der Waals surface area contributed by atoms with Crippen molar-refractivity contribution in [2.24, 2.45) is 12.5 Å². The molecule has 138 valence electrons. The van der Waals surface area contributed by atoms with Crippen LogP contribution in [0.5, 0.6) is 0 Å². The number of amides is 2. The normalized spacial score (nSPS) is 21.8.